The molecular weight excluding hydrogens is 236 g/mol. The second-order valence-electron chi connectivity index (χ2n) is 4.32. The van der Waals surface area contributed by atoms with Crippen LogP contribution in [0.2, 0.25) is 0 Å². The lowest BCUT2D eigenvalue weighted by Crippen LogP contribution is -2.05. The predicted molar refractivity (Wildman–Crippen MR) is 71.6 cm³/mol. The van der Waals surface area contributed by atoms with Gasteiger partial charge in [-0.05, 0) is 30.9 Å². The van der Waals surface area contributed by atoms with E-state index in [1.807, 2.05) is 24.3 Å². The molecule has 0 saturated heterocycles. The topological polar surface area (TPSA) is 38.1 Å². The van der Waals surface area contributed by atoms with Crippen molar-refractivity contribution >= 4 is 28.7 Å². The zero-order valence-electron chi connectivity index (χ0n) is 9.95. The number of fused-ring (bicyclic) bond motifs is 1. The molecule has 1 unspecified atom stereocenters. The van der Waals surface area contributed by atoms with Crippen LogP contribution in [0.3, 0.4) is 0 Å². The van der Waals surface area contributed by atoms with Gasteiger partial charge in [-0.2, -0.15) is 4.98 Å². The summed E-state index contributed by atoms with van der Waals surface area (Å²) in [4.78, 5) is 4.35. The van der Waals surface area contributed by atoms with Gasteiger partial charge in [-0.3, -0.25) is 0 Å². The minimum Gasteiger partial charge on any atom is -0.424 e. The number of nitrogens with one attached hydrogen (secondary N) is 1. The summed E-state index contributed by atoms with van der Waals surface area (Å²) in [7, 11) is 0. The summed E-state index contributed by atoms with van der Waals surface area (Å²) < 4.78 is 5.55. The average molecular weight is 253 g/mol. The van der Waals surface area contributed by atoms with Gasteiger partial charge in [0, 0.05) is 12.4 Å². The van der Waals surface area contributed by atoms with E-state index in [1.54, 1.807) is 0 Å². The largest absolute Gasteiger partial charge is 0.424 e. The molecule has 0 amide bonds. The highest BCUT2D eigenvalue weighted by Gasteiger charge is 2.04. The summed E-state index contributed by atoms with van der Waals surface area (Å²) in [6.45, 7) is 3.03. The lowest BCUT2D eigenvalue weighted by Gasteiger charge is -2.06. The molecular formula is C13H17ClN2O. The number of rotatable bonds is 6. The number of halogens is 1. The number of hydrogen-bond acceptors (Lipinski definition) is 3. The Hall–Kier alpha value is -1.22. The number of benzene rings is 1. The van der Waals surface area contributed by atoms with Crippen LogP contribution >= 0.6 is 11.6 Å². The number of alkyl halides is 1. The molecule has 0 aliphatic rings. The maximum absolute atomic E-state index is 5.75. The monoisotopic (exact) mass is 252 g/mol. The van der Waals surface area contributed by atoms with E-state index in [2.05, 4.69) is 17.2 Å². The van der Waals surface area contributed by atoms with Crippen molar-refractivity contribution in [3.05, 3.63) is 24.3 Å². The van der Waals surface area contributed by atoms with Gasteiger partial charge in [0.05, 0.1) is 0 Å². The van der Waals surface area contributed by atoms with E-state index >= 15 is 0 Å². The van der Waals surface area contributed by atoms with Gasteiger partial charge in [0.1, 0.15) is 5.52 Å². The number of hydrogen-bond donors (Lipinski definition) is 1. The number of nitrogens with zero attached hydrogens (tertiary/aromatic N) is 1. The molecule has 1 aromatic carbocycles. The van der Waals surface area contributed by atoms with Crippen molar-refractivity contribution in [1.82, 2.24) is 4.98 Å². The van der Waals surface area contributed by atoms with Crippen LogP contribution in [0.1, 0.15) is 19.8 Å². The number of para-hydroxylation sites is 2. The maximum Gasteiger partial charge on any atom is 0.295 e. The van der Waals surface area contributed by atoms with E-state index in [-0.39, 0.29) is 0 Å². The van der Waals surface area contributed by atoms with Crippen molar-refractivity contribution in [3.8, 4) is 0 Å². The molecule has 92 valence electrons. The van der Waals surface area contributed by atoms with Gasteiger partial charge in [0.25, 0.3) is 6.01 Å². The first-order chi connectivity index (χ1) is 8.29. The Labute approximate surface area is 106 Å². The third-order valence-electron chi connectivity index (χ3n) is 2.71. The Morgan fingerprint density at radius 3 is 3.00 bits per heavy atom. The molecule has 0 spiro atoms. The number of oxazole rings is 1. The van der Waals surface area contributed by atoms with Crippen LogP contribution < -0.4 is 5.32 Å². The van der Waals surface area contributed by atoms with Crippen LogP contribution in [0.5, 0.6) is 0 Å². The smallest absolute Gasteiger partial charge is 0.295 e. The van der Waals surface area contributed by atoms with Crippen molar-refractivity contribution < 1.29 is 4.42 Å². The molecule has 0 aliphatic carbocycles. The fourth-order valence-corrected chi connectivity index (χ4v) is 1.83. The predicted octanol–water partition coefficient (Wildman–Crippen LogP) is 3.89. The third kappa shape index (κ3) is 3.37. The fourth-order valence-electron chi connectivity index (χ4n) is 1.67. The van der Waals surface area contributed by atoms with Gasteiger partial charge in [-0.25, -0.2) is 0 Å². The van der Waals surface area contributed by atoms with Gasteiger partial charge in [0.2, 0.25) is 0 Å². The van der Waals surface area contributed by atoms with Gasteiger partial charge < -0.3 is 9.73 Å². The summed E-state index contributed by atoms with van der Waals surface area (Å²) in [5.41, 5.74) is 1.72. The van der Waals surface area contributed by atoms with Crippen molar-refractivity contribution in [2.45, 2.75) is 19.8 Å². The van der Waals surface area contributed by atoms with E-state index < -0.39 is 0 Å². The zero-order valence-corrected chi connectivity index (χ0v) is 10.7. The molecule has 2 rings (SSSR count). The summed E-state index contributed by atoms with van der Waals surface area (Å²) in [6, 6.07) is 8.36. The van der Waals surface area contributed by atoms with Crippen molar-refractivity contribution in [1.29, 1.82) is 0 Å². The minimum absolute atomic E-state index is 0.571. The summed E-state index contributed by atoms with van der Waals surface area (Å²) in [6.07, 6.45) is 2.20. The molecule has 3 nitrogen and oxygen atoms in total. The van der Waals surface area contributed by atoms with Gasteiger partial charge >= 0.3 is 0 Å². The Morgan fingerprint density at radius 2 is 2.24 bits per heavy atom. The molecule has 0 aliphatic heterocycles. The normalized spacial score (nSPS) is 12.8. The van der Waals surface area contributed by atoms with Gasteiger partial charge in [-0.1, -0.05) is 19.1 Å². The van der Waals surface area contributed by atoms with E-state index in [4.69, 9.17) is 16.0 Å². The van der Waals surface area contributed by atoms with Gasteiger partial charge in [0.15, 0.2) is 5.58 Å². The van der Waals surface area contributed by atoms with Crippen LogP contribution in [0.4, 0.5) is 6.01 Å². The standard InChI is InChI=1S/C13H17ClN2O/c1-10(9-14)5-4-8-15-13-16-11-6-2-3-7-12(11)17-13/h2-3,6-7,10H,4-5,8-9H2,1H3,(H,15,16). The highest BCUT2D eigenvalue weighted by Crippen LogP contribution is 2.18. The molecule has 17 heavy (non-hydrogen) atoms. The Kier molecular flexibility index (Phi) is 4.26. The quantitative estimate of drug-likeness (QED) is 0.626. The lowest BCUT2D eigenvalue weighted by atomic mass is 10.1. The van der Waals surface area contributed by atoms with E-state index in [0.717, 1.165) is 36.4 Å². The van der Waals surface area contributed by atoms with Crippen molar-refractivity contribution in [3.63, 3.8) is 0 Å². The van der Waals surface area contributed by atoms with Crippen LogP contribution in [0, 0.1) is 5.92 Å². The van der Waals surface area contributed by atoms with Gasteiger partial charge in [-0.15, -0.1) is 11.6 Å². The second-order valence-corrected chi connectivity index (χ2v) is 4.62. The van der Waals surface area contributed by atoms with E-state index in [9.17, 15) is 0 Å². The van der Waals surface area contributed by atoms with Crippen LogP contribution in [-0.4, -0.2) is 17.4 Å². The van der Waals surface area contributed by atoms with Crippen molar-refractivity contribution in [2.75, 3.05) is 17.7 Å². The fraction of sp³-hybridized carbons (Fsp3) is 0.462. The first kappa shape index (κ1) is 12.2. The first-order valence-corrected chi connectivity index (χ1v) is 6.48. The molecule has 4 heteroatoms. The zero-order chi connectivity index (χ0) is 12.1. The minimum atomic E-state index is 0.571. The first-order valence-electron chi connectivity index (χ1n) is 5.95. The van der Waals surface area contributed by atoms with Crippen molar-refractivity contribution in [2.24, 2.45) is 5.92 Å². The number of anilines is 1. The summed E-state index contributed by atoms with van der Waals surface area (Å²) >= 11 is 5.75. The van der Waals surface area contributed by atoms with Crippen LogP contribution in [0.15, 0.2) is 28.7 Å². The Morgan fingerprint density at radius 1 is 1.41 bits per heavy atom. The molecule has 0 saturated carbocycles. The van der Waals surface area contributed by atoms with Crippen LogP contribution in [0.25, 0.3) is 11.1 Å². The number of aromatic nitrogens is 1. The molecule has 2 aromatic rings. The second kappa shape index (κ2) is 5.92. The average Bonchev–Trinajstić information content (AvgIpc) is 2.76. The Balaban J connectivity index is 1.83. The molecule has 1 atom stereocenters. The molecule has 1 N–H and O–H groups in total. The maximum atomic E-state index is 5.75. The molecule has 0 fully saturated rings. The lowest BCUT2D eigenvalue weighted by molar-refractivity contribution is 0.562. The van der Waals surface area contributed by atoms with E-state index in [0.29, 0.717) is 11.9 Å². The summed E-state index contributed by atoms with van der Waals surface area (Å²) in [5, 5.41) is 3.19. The SMILES string of the molecule is CC(CCl)CCCNc1nc2ccccc2o1. The third-order valence-corrected chi connectivity index (χ3v) is 3.23. The van der Waals surface area contributed by atoms with E-state index in [1.165, 1.54) is 0 Å². The van der Waals surface area contributed by atoms with Crippen LogP contribution in [-0.2, 0) is 0 Å². The summed E-state index contributed by atoms with van der Waals surface area (Å²) in [5.74, 6) is 1.30. The highest BCUT2D eigenvalue weighted by atomic mass is 35.5. The molecule has 0 radical (unpaired) electrons. The molecule has 0 bridgehead atoms. The molecule has 1 heterocycles. The highest BCUT2D eigenvalue weighted by molar-refractivity contribution is 6.18. The molecule has 1 aromatic heterocycles. The Bertz CT molecular complexity index is 436.